The summed E-state index contributed by atoms with van der Waals surface area (Å²) in [5.41, 5.74) is 5.68. The van der Waals surface area contributed by atoms with Gasteiger partial charge in [-0.1, -0.05) is 87.5 Å². The molecule has 2 saturated heterocycles. The molecule has 15 nitrogen and oxygen atoms in total. The lowest BCUT2D eigenvalue weighted by Crippen LogP contribution is -2.55. The summed E-state index contributed by atoms with van der Waals surface area (Å²) in [7, 11) is 4.25. The van der Waals surface area contributed by atoms with Gasteiger partial charge in [-0.15, -0.1) is 0 Å². The van der Waals surface area contributed by atoms with Gasteiger partial charge in [0.1, 0.15) is 23.7 Å². The maximum Gasteiger partial charge on any atom is 0.407 e. The highest BCUT2D eigenvalue weighted by Crippen LogP contribution is 2.54. The monoisotopic (exact) mass is 890 g/mol. The van der Waals surface area contributed by atoms with Crippen molar-refractivity contribution in [1.82, 2.24) is 40.4 Å². The first kappa shape index (κ1) is 42.9. The first-order valence-corrected chi connectivity index (χ1v) is 22.5. The third-order valence-corrected chi connectivity index (χ3v) is 13.8. The van der Waals surface area contributed by atoms with Gasteiger partial charge in [0.25, 0.3) is 5.91 Å². The summed E-state index contributed by atoms with van der Waals surface area (Å²) in [5, 5.41) is 9.69. The van der Waals surface area contributed by atoms with E-state index in [0.29, 0.717) is 36.9 Å². The number of nitrogens with one attached hydrogen (secondary N) is 4. The number of benzene rings is 5. The third-order valence-electron chi connectivity index (χ3n) is 13.8. The smallest absolute Gasteiger partial charge is 0.407 e. The number of alkyl carbamates (subject to hydrolysis) is 2. The molecule has 0 unspecified atom stereocenters. The Balaban J connectivity index is 0.927. The van der Waals surface area contributed by atoms with Gasteiger partial charge in [-0.05, 0) is 82.3 Å². The molecule has 1 saturated carbocycles. The quantitative estimate of drug-likeness (QED) is 0.105. The highest BCUT2D eigenvalue weighted by atomic mass is 16.5. The summed E-state index contributed by atoms with van der Waals surface area (Å²) in [6.45, 7) is 6.76. The minimum absolute atomic E-state index is 0.0721. The van der Waals surface area contributed by atoms with Gasteiger partial charge in [0.2, 0.25) is 5.91 Å². The lowest BCUT2D eigenvalue weighted by atomic mass is 9.85. The van der Waals surface area contributed by atoms with Crippen LogP contribution < -0.4 is 10.6 Å². The molecule has 0 bridgehead atoms. The molecule has 0 spiro atoms. The second-order valence-corrected chi connectivity index (χ2v) is 19.1. The van der Waals surface area contributed by atoms with Crippen LogP contribution in [-0.2, 0) is 23.8 Å². The van der Waals surface area contributed by atoms with Crippen LogP contribution in [0, 0.1) is 17.3 Å². The molecule has 3 fully saturated rings. The standard InChI is InChI=1S/C51H54N8O7/c1-51(2,3)44(57-50(63)66-6)48(61)59-38-23-33(38)24-40(59)46-53-37-19-15-32-22-30(13-17-35(32)43(37)55-46)29-12-16-34-31(21-29)14-18-36-42(34)54-45(52-36)39-20-27(26-64-4)25-58(39)47(60)41(56-49(62)65-5)28-10-8-7-9-11-28/h7-19,21-22,27,33,38-41,44H,20,23-26H2,1-6H3,(H,52,54)(H,53,55)(H,56,62)(H,57,63)/t27-,33+,38+,39-,40-,41+,44+/m0/s1. The fourth-order valence-corrected chi connectivity index (χ4v) is 10.4. The van der Waals surface area contributed by atoms with Gasteiger partial charge in [0.05, 0.1) is 55.0 Å². The molecular formula is C51H54N8O7. The molecule has 66 heavy (non-hydrogen) atoms. The molecule has 4 heterocycles. The van der Waals surface area contributed by atoms with Crippen LogP contribution in [0.4, 0.5) is 9.59 Å². The van der Waals surface area contributed by atoms with Crippen molar-refractivity contribution >= 4 is 67.6 Å². The summed E-state index contributed by atoms with van der Waals surface area (Å²) in [4.78, 5) is 74.5. The van der Waals surface area contributed by atoms with Gasteiger partial charge in [0.15, 0.2) is 0 Å². The van der Waals surface area contributed by atoms with E-state index in [1.165, 1.54) is 14.2 Å². The zero-order valence-electron chi connectivity index (χ0n) is 37.9. The minimum Gasteiger partial charge on any atom is -0.453 e. The number of H-pyrrole nitrogens is 2. The minimum atomic E-state index is -0.944. The number of piperidine rings is 1. The molecule has 0 radical (unpaired) electrons. The second-order valence-electron chi connectivity index (χ2n) is 19.1. The van der Waals surface area contributed by atoms with Gasteiger partial charge < -0.3 is 44.6 Å². The summed E-state index contributed by atoms with van der Waals surface area (Å²) < 4.78 is 15.3. The Labute approximate surface area is 381 Å². The molecule has 5 aromatic carbocycles. The number of ether oxygens (including phenoxy) is 3. The second kappa shape index (κ2) is 16.8. The predicted octanol–water partition coefficient (Wildman–Crippen LogP) is 8.48. The molecule has 15 heteroatoms. The van der Waals surface area contributed by atoms with E-state index in [0.717, 1.165) is 73.4 Å². The lowest BCUT2D eigenvalue weighted by molar-refractivity contribution is -0.138. The van der Waals surface area contributed by atoms with Crippen molar-refractivity contribution in [2.45, 2.75) is 70.2 Å². The van der Waals surface area contributed by atoms with Crippen LogP contribution >= 0.6 is 0 Å². The normalized spacial score (nSPS) is 21.3. The Hall–Kier alpha value is -7.00. The first-order chi connectivity index (χ1) is 31.8. The van der Waals surface area contributed by atoms with E-state index in [4.69, 9.17) is 24.2 Å². The number of rotatable bonds is 10. The number of carbonyl (C=O) groups excluding carboxylic acids is 4. The Morgan fingerprint density at radius 1 is 0.712 bits per heavy atom. The first-order valence-electron chi connectivity index (χ1n) is 22.5. The summed E-state index contributed by atoms with van der Waals surface area (Å²) in [5.74, 6) is 1.55. The number of imidazole rings is 2. The molecule has 4 N–H and O–H groups in total. The molecule has 2 aliphatic heterocycles. The Kier molecular flexibility index (Phi) is 10.9. The molecule has 3 aliphatic rings. The predicted molar refractivity (Wildman–Crippen MR) is 250 cm³/mol. The Morgan fingerprint density at radius 2 is 1.30 bits per heavy atom. The van der Waals surface area contributed by atoms with E-state index in [9.17, 15) is 19.2 Å². The Morgan fingerprint density at radius 3 is 1.88 bits per heavy atom. The number of aromatic amines is 2. The van der Waals surface area contributed by atoms with E-state index < -0.39 is 29.7 Å². The van der Waals surface area contributed by atoms with E-state index in [1.807, 2.05) is 68.1 Å². The summed E-state index contributed by atoms with van der Waals surface area (Å²) in [6.07, 6.45) is 1.10. The van der Waals surface area contributed by atoms with Crippen LogP contribution in [0.25, 0.3) is 54.7 Å². The molecular weight excluding hydrogens is 837 g/mol. The molecule has 10 rings (SSSR count). The number of fused-ring (bicyclic) bond motifs is 7. The molecule has 1 aliphatic carbocycles. The van der Waals surface area contributed by atoms with E-state index in [2.05, 4.69) is 69.1 Å². The van der Waals surface area contributed by atoms with Crippen LogP contribution in [0.2, 0.25) is 0 Å². The van der Waals surface area contributed by atoms with Crippen LogP contribution in [-0.4, -0.2) is 100 Å². The topological polar surface area (TPSA) is 184 Å². The number of aromatic nitrogens is 4. The van der Waals surface area contributed by atoms with Crippen molar-refractivity contribution in [1.29, 1.82) is 0 Å². The van der Waals surface area contributed by atoms with Gasteiger partial charge in [-0.25, -0.2) is 19.6 Å². The number of likely N-dealkylation sites (tertiary alicyclic amines) is 2. The highest BCUT2D eigenvalue weighted by Gasteiger charge is 2.57. The fourth-order valence-electron chi connectivity index (χ4n) is 10.4. The molecule has 4 amide bonds. The van der Waals surface area contributed by atoms with Crippen molar-refractivity contribution in [2.75, 3.05) is 34.5 Å². The third kappa shape index (κ3) is 7.74. The van der Waals surface area contributed by atoms with Crippen molar-refractivity contribution in [2.24, 2.45) is 17.3 Å². The van der Waals surface area contributed by atoms with Crippen LogP contribution in [0.3, 0.4) is 0 Å². The van der Waals surface area contributed by atoms with Crippen molar-refractivity contribution in [3.63, 3.8) is 0 Å². The number of nitrogens with zero attached hydrogens (tertiary/aromatic N) is 4. The van der Waals surface area contributed by atoms with Gasteiger partial charge in [-0.3, -0.25) is 9.59 Å². The van der Waals surface area contributed by atoms with Crippen LogP contribution in [0.1, 0.15) is 75.4 Å². The average Bonchev–Trinajstić information content (AvgIpc) is 3.75. The summed E-state index contributed by atoms with van der Waals surface area (Å²) >= 11 is 0. The fraction of sp³-hybridized carbons (Fsp3) is 0.373. The van der Waals surface area contributed by atoms with Gasteiger partial charge in [-0.2, -0.15) is 0 Å². The van der Waals surface area contributed by atoms with Gasteiger partial charge >= 0.3 is 12.2 Å². The lowest BCUT2D eigenvalue weighted by Gasteiger charge is -2.36. The number of hydrogen-bond donors (Lipinski definition) is 4. The molecule has 340 valence electrons. The largest absolute Gasteiger partial charge is 0.453 e. The number of amides is 4. The SMILES string of the molecule is COC[C@H]1C[C@@H](c2nc3ccc4cc(-c5ccc6c(ccc7nc([C@@H]8C[C@H]9C[C@H]9N8C(=O)[C@@H](NC(=O)OC)C(C)(C)C)[nH]c76)c5)ccc4c3[nH]2)N(C(=O)[C@H](NC(=O)OC)c2ccccc2)C1. The molecule has 7 aromatic rings. The molecule has 7 atom stereocenters. The van der Waals surface area contributed by atoms with Crippen molar-refractivity contribution in [3.8, 4) is 11.1 Å². The van der Waals surface area contributed by atoms with E-state index in [-0.39, 0.29) is 35.9 Å². The van der Waals surface area contributed by atoms with Crippen molar-refractivity contribution < 1.29 is 33.4 Å². The van der Waals surface area contributed by atoms with Gasteiger partial charge in [0, 0.05) is 36.4 Å². The summed E-state index contributed by atoms with van der Waals surface area (Å²) in [6, 6.07) is 28.1. The van der Waals surface area contributed by atoms with Crippen LogP contribution in [0.15, 0.2) is 91.0 Å². The van der Waals surface area contributed by atoms with Crippen molar-refractivity contribution in [3.05, 3.63) is 108 Å². The highest BCUT2D eigenvalue weighted by molar-refractivity contribution is 6.07. The zero-order valence-corrected chi connectivity index (χ0v) is 37.9. The maximum absolute atomic E-state index is 14.4. The van der Waals surface area contributed by atoms with Crippen LogP contribution in [0.5, 0.6) is 0 Å². The molecule has 2 aromatic heterocycles. The average molecular weight is 891 g/mol. The number of carbonyl (C=O) groups is 4. The maximum atomic E-state index is 14.4. The Bertz CT molecular complexity index is 3030. The van der Waals surface area contributed by atoms with E-state index in [1.54, 1.807) is 12.0 Å². The number of hydrogen-bond acceptors (Lipinski definition) is 9. The number of methoxy groups -OCH3 is 3. The zero-order chi connectivity index (χ0) is 46.0. The van der Waals surface area contributed by atoms with E-state index >= 15 is 0 Å².